The number of benzene rings is 1. The quantitative estimate of drug-likeness (QED) is 0.401. The molecule has 0 amide bonds. The number of ether oxygens (including phenoxy) is 3. The molecule has 1 aromatic rings. The summed E-state index contributed by atoms with van der Waals surface area (Å²) < 4.78 is 39.8. The van der Waals surface area contributed by atoms with Crippen molar-refractivity contribution in [1.29, 1.82) is 0 Å². The van der Waals surface area contributed by atoms with E-state index in [1.54, 1.807) is 32.2 Å². The van der Waals surface area contributed by atoms with Crippen LogP contribution in [0.3, 0.4) is 0 Å². The fourth-order valence-corrected chi connectivity index (χ4v) is 3.34. The van der Waals surface area contributed by atoms with Crippen molar-refractivity contribution in [2.45, 2.75) is 32.8 Å². The highest BCUT2D eigenvalue weighted by atomic mass is 19.3. The van der Waals surface area contributed by atoms with E-state index in [4.69, 9.17) is 9.47 Å². The van der Waals surface area contributed by atoms with Crippen LogP contribution in [0.2, 0.25) is 0 Å². The Morgan fingerprint density at radius 3 is 2.83 bits per heavy atom. The lowest BCUT2D eigenvalue weighted by Crippen LogP contribution is -2.48. The normalized spacial score (nSPS) is 17.2. The molecule has 1 atom stereocenters. The van der Waals surface area contributed by atoms with Crippen LogP contribution in [-0.2, 0) is 16.0 Å². The zero-order valence-corrected chi connectivity index (χ0v) is 17.1. The number of rotatable bonds is 8. The molecule has 162 valence electrons. The first-order valence-corrected chi connectivity index (χ1v) is 9.72. The first kappa shape index (κ1) is 22.7. The lowest BCUT2D eigenvalue weighted by Gasteiger charge is -2.34. The van der Waals surface area contributed by atoms with Crippen LogP contribution in [0.5, 0.6) is 11.5 Å². The molecule has 1 aromatic carbocycles. The van der Waals surface area contributed by atoms with Crippen molar-refractivity contribution in [3.05, 3.63) is 23.8 Å². The van der Waals surface area contributed by atoms with Gasteiger partial charge < -0.3 is 24.4 Å². The third-order valence-corrected chi connectivity index (χ3v) is 4.69. The molecule has 1 unspecified atom stereocenters. The van der Waals surface area contributed by atoms with Gasteiger partial charge in [-0.05, 0) is 43.9 Å². The SMILES string of the molecule is CCOC(=O)C1CCCN(C(=NC)NCCc2ccc(OC)c(OC(F)F)c2)C1. The first-order valence-electron chi connectivity index (χ1n) is 9.72. The van der Waals surface area contributed by atoms with Gasteiger partial charge >= 0.3 is 12.6 Å². The van der Waals surface area contributed by atoms with Crippen LogP contribution in [-0.4, -0.2) is 63.8 Å². The topological polar surface area (TPSA) is 72.4 Å². The van der Waals surface area contributed by atoms with E-state index < -0.39 is 6.61 Å². The number of hydrogen-bond acceptors (Lipinski definition) is 5. The van der Waals surface area contributed by atoms with Crippen molar-refractivity contribution in [1.82, 2.24) is 10.2 Å². The number of esters is 1. The van der Waals surface area contributed by atoms with E-state index in [-0.39, 0.29) is 23.4 Å². The zero-order chi connectivity index (χ0) is 21.2. The van der Waals surface area contributed by atoms with Gasteiger partial charge in [0.15, 0.2) is 17.5 Å². The number of piperidine rings is 1. The maximum absolute atomic E-state index is 12.6. The van der Waals surface area contributed by atoms with Crippen LogP contribution < -0.4 is 14.8 Å². The summed E-state index contributed by atoms with van der Waals surface area (Å²) in [5.74, 6) is 0.653. The summed E-state index contributed by atoms with van der Waals surface area (Å²) in [5.41, 5.74) is 0.826. The maximum atomic E-state index is 12.6. The van der Waals surface area contributed by atoms with Crippen molar-refractivity contribution in [2.75, 3.05) is 40.4 Å². The number of carbonyl (C=O) groups excluding carboxylic acids is 1. The summed E-state index contributed by atoms with van der Waals surface area (Å²) in [6.07, 6.45) is 2.28. The zero-order valence-electron chi connectivity index (χ0n) is 17.1. The number of aliphatic imine (C=N–C) groups is 1. The average Bonchev–Trinajstić information content (AvgIpc) is 2.71. The predicted octanol–water partition coefficient (Wildman–Crippen LogP) is 2.69. The molecule has 1 saturated heterocycles. The molecule has 1 fully saturated rings. The number of methoxy groups -OCH3 is 1. The number of likely N-dealkylation sites (tertiary alicyclic amines) is 1. The number of guanidine groups is 1. The Morgan fingerprint density at radius 2 is 2.17 bits per heavy atom. The van der Waals surface area contributed by atoms with Gasteiger partial charge in [-0.25, -0.2) is 0 Å². The largest absolute Gasteiger partial charge is 0.493 e. The lowest BCUT2D eigenvalue weighted by atomic mass is 9.98. The fourth-order valence-electron chi connectivity index (χ4n) is 3.34. The molecule has 0 radical (unpaired) electrons. The highest BCUT2D eigenvalue weighted by molar-refractivity contribution is 5.81. The van der Waals surface area contributed by atoms with Crippen molar-refractivity contribution in [3.8, 4) is 11.5 Å². The van der Waals surface area contributed by atoms with E-state index >= 15 is 0 Å². The number of alkyl halides is 2. The summed E-state index contributed by atoms with van der Waals surface area (Å²) in [6, 6.07) is 4.96. The fraction of sp³-hybridized carbons (Fsp3) is 0.600. The summed E-state index contributed by atoms with van der Waals surface area (Å²) in [5, 5.41) is 3.27. The second-order valence-electron chi connectivity index (χ2n) is 6.62. The Kier molecular flexibility index (Phi) is 8.95. The Balaban J connectivity index is 1.92. The van der Waals surface area contributed by atoms with Crippen LogP contribution in [0.15, 0.2) is 23.2 Å². The Labute approximate surface area is 170 Å². The molecular weight excluding hydrogens is 384 g/mol. The number of hydrogen-bond donors (Lipinski definition) is 1. The van der Waals surface area contributed by atoms with Gasteiger partial charge in [-0.15, -0.1) is 0 Å². The molecule has 0 aromatic heterocycles. The van der Waals surface area contributed by atoms with Crippen LogP contribution in [0.4, 0.5) is 8.78 Å². The molecule has 9 heteroatoms. The second kappa shape index (κ2) is 11.4. The number of carbonyl (C=O) groups is 1. The van der Waals surface area contributed by atoms with E-state index in [1.165, 1.54) is 7.11 Å². The van der Waals surface area contributed by atoms with Gasteiger partial charge in [0.2, 0.25) is 0 Å². The molecule has 0 bridgehead atoms. The van der Waals surface area contributed by atoms with Gasteiger partial charge in [0, 0.05) is 26.7 Å². The van der Waals surface area contributed by atoms with Crippen molar-refractivity contribution in [3.63, 3.8) is 0 Å². The predicted molar refractivity (Wildman–Crippen MR) is 106 cm³/mol. The van der Waals surface area contributed by atoms with Crippen molar-refractivity contribution in [2.24, 2.45) is 10.9 Å². The highest BCUT2D eigenvalue weighted by Crippen LogP contribution is 2.29. The van der Waals surface area contributed by atoms with Gasteiger partial charge in [-0.3, -0.25) is 9.79 Å². The second-order valence-corrected chi connectivity index (χ2v) is 6.62. The van der Waals surface area contributed by atoms with E-state index in [2.05, 4.69) is 15.0 Å². The van der Waals surface area contributed by atoms with Crippen LogP contribution >= 0.6 is 0 Å². The standard InChI is InChI=1S/C20H29F2N3O4/c1-4-28-18(26)15-6-5-11-25(13-15)20(23-2)24-10-9-14-7-8-16(27-3)17(12-14)29-19(21)22/h7-8,12,15,19H,4-6,9-11,13H2,1-3H3,(H,23,24). The molecule has 1 aliphatic rings. The third-order valence-electron chi connectivity index (χ3n) is 4.69. The molecule has 2 rings (SSSR count). The Bertz CT molecular complexity index is 700. The highest BCUT2D eigenvalue weighted by Gasteiger charge is 2.28. The minimum Gasteiger partial charge on any atom is -0.493 e. The number of halogens is 2. The molecule has 1 N–H and O–H groups in total. The minimum atomic E-state index is -2.91. The van der Waals surface area contributed by atoms with Crippen molar-refractivity contribution >= 4 is 11.9 Å². The maximum Gasteiger partial charge on any atom is 0.387 e. The molecule has 1 aliphatic heterocycles. The van der Waals surface area contributed by atoms with Crippen LogP contribution in [0.1, 0.15) is 25.3 Å². The van der Waals surface area contributed by atoms with E-state index in [9.17, 15) is 13.6 Å². The molecular formula is C20H29F2N3O4. The number of nitrogens with zero attached hydrogens (tertiary/aromatic N) is 2. The van der Waals surface area contributed by atoms with E-state index in [0.29, 0.717) is 32.1 Å². The van der Waals surface area contributed by atoms with E-state index in [1.807, 2.05) is 4.90 Å². The summed E-state index contributed by atoms with van der Waals surface area (Å²) in [7, 11) is 3.10. The van der Waals surface area contributed by atoms with Crippen molar-refractivity contribution < 1.29 is 27.8 Å². The molecule has 7 nitrogen and oxygen atoms in total. The summed E-state index contributed by atoms with van der Waals surface area (Å²) in [4.78, 5) is 18.4. The summed E-state index contributed by atoms with van der Waals surface area (Å²) >= 11 is 0. The average molecular weight is 413 g/mol. The third kappa shape index (κ3) is 6.76. The van der Waals surface area contributed by atoms with Gasteiger partial charge in [0.1, 0.15) is 0 Å². The summed E-state index contributed by atoms with van der Waals surface area (Å²) in [6.45, 7) is 1.19. The van der Waals surface area contributed by atoms with Gasteiger partial charge in [-0.1, -0.05) is 6.07 Å². The molecule has 0 saturated carbocycles. The van der Waals surface area contributed by atoms with Gasteiger partial charge in [-0.2, -0.15) is 8.78 Å². The Morgan fingerprint density at radius 1 is 1.38 bits per heavy atom. The molecule has 1 heterocycles. The number of nitrogens with one attached hydrogen (secondary N) is 1. The smallest absolute Gasteiger partial charge is 0.387 e. The van der Waals surface area contributed by atoms with Crippen LogP contribution in [0, 0.1) is 5.92 Å². The van der Waals surface area contributed by atoms with Gasteiger partial charge in [0.05, 0.1) is 19.6 Å². The monoisotopic (exact) mass is 413 g/mol. The van der Waals surface area contributed by atoms with Crippen LogP contribution in [0.25, 0.3) is 0 Å². The molecule has 0 spiro atoms. The lowest BCUT2D eigenvalue weighted by molar-refractivity contribution is -0.149. The minimum absolute atomic E-state index is 0.0118. The first-order chi connectivity index (χ1) is 14.0. The van der Waals surface area contributed by atoms with Gasteiger partial charge in [0.25, 0.3) is 0 Å². The Hall–Kier alpha value is -2.58. The molecule has 29 heavy (non-hydrogen) atoms. The molecule has 0 aliphatic carbocycles. The van der Waals surface area contributed by atoms with E-state index in [0.717, 1.165) is 24.9 Å².